The summed E-state index contributed by atoms with van der Waals surface area (Å²) in [5.74, 6) is 0.888. The quantitative estimate of drug-likeness (QED) is 0.816. The van der Waals surface area contributed by atoms with Crippen molar-refractivity contribution in [3.05, 3.63) is 35.4 Å². The van der Waals surface area contributed by atoms with Crippen molar-refractivity contribution in [2.24, 2.45) is 5.92 Å². The van der Waals surface area contributed by atoms with Crippen LogP contribution in [0.2, 0.25) is 0 Å². The molecule has 1 aliphatic rings. The zero-order chi connectivity index (χ0) is 11.6. The number of hydrogen-bond donors (Lipinski definition) is 1. The molecule has 0 aromatic heterocycles. The van der Waals surface area contributed by atoms with Gasteiger partial charge in [-0.05, 0) is 37.8 Å². The second-order valence-corrected chi connectivity index (χ2v) is 5.44. The van der Waals surface area contributed by atoms with E-state index in [-0.39, 0.29) is 0 Å². The van der Waals surface area contributed by atoms with E-state index in [1.54, 1.807) is 0 Å². The monoisotopic (exact) mass is 217 g/mol. The number of nitrogens with one attached hydrogen (secondary N) is 1. The predicted molar refractivity (Wildman–Crippen MR) is 69.8 cm³/mol. The lowest BCUT2D eigenvalue weighted by Crippen LogP contribution is -2.47. The molecule has 0 saturated heterocycles. The lowest BCUT2D eigenvalue weighted by molar-refractivity contribution is 0.153. The van der Waals surface area contributed by atoms with Gasteiger partial charge < -0.3 is 5.32 Å². The van der Waals surface area contributed by atoms with E-state index >= 15 is 0 Å². The molecule has 1 saturated carbocycles. The van der Waals surface area contributed by atoms with Crippen molar-refractivity contribution in [3.63, 3.8) is 0 Å². The Morgan fingerprint density at radius 2 is 2.12 bits per heavy atom. The van der Waals surface area contributed by atoms with Crippen molar-refractivity contribution >= 4 is 0 Å². The normalized spacial score (nSPS) is 28.8. The Bertz CT molecular complexity index is 350. The average molecular weight is 217 g/mol. The highest BCUT2D eigenvalue weighted by Gasteiger charge is 2.42. The number of aryl methyl sites for hydroxylation is 1. The summed E-state index contributed by atoms with van der Waals surface area (Å²) in [6, 6.07) is 9.05. The standard InChI is InChI=1S/C15H23N/c1-4-16-11-15(9-13(3)10-15)14-7-5-6-12(2)8-14/h5-8,13,16H,4,9-11H2,1-3H3. The van der Waals surface area contributed by atoms with Gasteiger partial charge in [0.25, 0.3) is 0 Å². The van der Waals surface area contributed by atoms with Gasteiger partial charge >= 0.3 is 0 Å². The SMILES string of the molecule is CCNCC1(c2cccc(C)c2)CC(C)C1. The number of hydrogen-bond acceptors (Lipinski definition) is 1. The maximum absolute atomic E-state index is 3.53. The van der Waals surface area contributed by atoms with E-state index in [0.29, 0.717) is 5.41 Å². The van der Waals surface area contributed by atoms with Crippen molar-refractivity contribution in [2.45, 2.75) is 39.0 Å². The van der Waals surface area contributed by atoms with Gasteiger partial charge in [0, 0.05) is 12.0 Å². The topological polar surface area (TPSA) is 12.0 Å². The van der Waals surface area contributed by atoms with Gasteiger partial charge in [-0.25, -0.2) is 0 Å². The highest BCUT2D eigenvalue weighted by atomic mass is 14.9. The fraction of sp³-hybridized carbons (Fsp3) is 0.600. The highest BCUT2D eigenvalue weighted by molar-refractivity contribution is 5.32. The van der Waals surface area contributed by atoms with Crippen LogP contribution in [0.5, 0.6) is 0 Å². The second-order valence-electron chi connectivity index (χ2n) is 5.44. The van der Waals surface area contributed by atoms with Crippen LogP contribution in [0.1, 0.15) is 37.8 Å². The highest BCUT2D eigenvalue weighted by Crippen LogP contribution is 2.47. The Morgan fingerprint density at radius 1 is 1.38 bits per heavy atom. The molecule has 0 bridgehead atoms. The van der Waals surface area contributed by atoms with Gasteiger partial charge in [-0.1, -0.05) is 43.7 Å². The molecule has 0 spiro atoms. The molecule has 0 aliphatic heterocycles. The molecule has 2 rings (SSSR count). The molecule has 0 atom stereocenters. The molecule has 1 fully saturated rings. The Morgan fingerprint density at radius 3 is 2.69 bits per heavy atom. The molecule has 1 heteroatoms. The van der Waals surface area contributed by atoms with Crippen LogP contribution in [0.25, 0.3) is 0 Å². The second kappa shape index (κ2) is 4.58. The Labute approximate surface area is 99.3 Å². The first-order chi connectivity index (χ1) is 7.66. The summed E-state index contributed by atoms with van der Waals surface area (Å²) in [6.45, 7) is 8.94. The van der Waals surface area contributed by atoms with Gasteiger partial charge in [-0.3, -0.25) is 0 Å². The third-order valence-electron chi connectivity index (χ3n) is 3.82. The van der Waals surface area contributed by atoms with Gasteiger partial charge in [0.2, 0.25) is 0 Å². The first-order valence-corrected chi connectivity index (χ1v) is 6.44. The maximum Gasteiger partial charge on any atom is 0.00829 e. The summed E-state index contributed by atoms with van der Waals surface area (Å²) >= 11 is 0. The Hall–Kier alpha value is -0.820. The zero-order valence-corrected chi connectivity index (χ0v) is 10.7. The van der Waals surface area contributed by atoms with Gasteiger partial charge in [0.1, 0.15) is 0 Å². The van der Waals surface area contributed by atoms with Crippen LogP contribution in [-0.2, 0) is 5.41 Å². The molecule has 0 radical (unpaired) electrons. The molecular weight excluding hydrogens is 194 g/mol. The third kappa shape index (κ3) is 2.15. The fourth-order valence-electron chi connectivity index (χ4n) is 3.10. The summed E-state index contributed by atoms with van der Waals surface area (Å²) in [7, 11) is 0. The summed E-state index contributed by atoms with van der Waals surface area (Å²) in [5.41, 5.74) is 3.33. The molecule has 1 aliphatic carbocycles. The third-order valence-corrected chi connectivity index (χ3v) is 3.82. The Kier molecular flexibility index (Phi) is 3.34. The molecule has 1 aromatic rings. The largest absolute Gasteiger partial charge is 0.316 e. The van der Waals surface area contributed by atoms with E-state index in [4.69, 9.17) is 0 Å². The smallest absolute Gasteiger partial charge is 0.00829 e. The minimum absolute atomic E-state index is 0.418. The minimum atomic E-state index is 0.418. The lowest BCUT2D eigenvalue weighted by Gasteiger charge is -2.47. The molecule has 1 N–H and O–H groups in total. The van der Waals surface area contributed by atoms with E-state index in [1.807, 2.05) is 0 Å². The number of benzene rings is 1. The van der Waals surface area contributed by atoms with E-state index in [0.717, 1.165) is 19.0 Å². The van der Waals surface area contributed by atoms with Gasteiger partial charge in [0.15, 0.2) is 0 Å². The van der Waals surface area contributed by atoms with Crippen LogP contribution in [0.4, 0.5) is 0 Å². The average Bonchev–Trinajstić information content (AvgIpc) is 2.22. The molecule has 88 valence electrons. The molecule has 0 heterocycles. The van der Waals surface area contributed by atoms with Gasteiger partial charge in [-0.2, -0.15) is 0 Å². The molecule has 16 heavy (non-hydrogen) atoms. The molecular formula is C15H23N. The number of likely N-dealkylation sites (N-methyl/N-ethyl adjacent to an activating group) is 1. The van der Waals surface area contributed by atoms with Gasteiger partial charge in [-0.15, -0.1) is 0 Å². The van der Waals surface area contributed by atoms with Crippen LogP contribution in [0.3, 0.4) is 0 Å². The van der Waals surface area contributed by atoms with Crippen LogP contribution < -0.4 is 5.32 Å². The predicted octanol–water partition coefficient (Wildman–Crippen LogP) is 3.27. The fourth-order valence-corrected chi connectivity index (χ4v) is 3.10. The first kappa shape index (κ1) is 11.7. The van der Waals surface area contributed by atoms with Gasteiger partial charge in [0.05, 0.1) is 0 Å². The van der Waals surface area contributed by atoms with Crippen molar-refractivity contribution < 1.29 is 0 Å². The summed E-state index contributed by atoms with van der Waals surface area (Å²) < 4.78 is 0. The van der Waals surface area contributed by atoms with Crippen molar-refractivity contribution in [1.29, 1.82) is 0 Å². The van der Waals surface area contributed by atoms with Crippen LogP contribution in [0, 0.1) is 12.8 Å². The van der Waals surface area contributed by atoms with E-state index in [9.17, 15) is 0 Å². The molecule has 0 amide bonds. The van der Waals surface area contributed by atoms with Crippen molar-refractivity contribution in [3.8, 4) is 0 Å². The zero-order valence-electron chi connectivity index (χ0n) is 10.7. The minimum Gasteiger partial charge on any atom is -0.316 e. The van der Waals surface area contributed by atoms with E-state index in [1.165, 1.54) is 24.0 Å². The molecule has 0 unspecified atom stereocenters. The van der Waals surface area contributed by atoms with E-state index in [2.05, 4.69) is 50.4 Å². The first-order valence-electron chi connectivity index (χ1n) is 6.44. The number of rotatable bonds is 4. The maximum atomic E-state index is 3.53. The van der Waals surface area contributed by atoms with Crippen molar-refractivity contribution in [2.75, 3.05) is 13.1 Å². The molecule has 1 aromatic carbocycles. The lowest BCUT2D eigenvalue weighted by atomic mass is 9.59. The summed E-state index contributed by atoms with van der Waals surface area (Å²) in [6.07, 6.45) is 2.67. The van der Waals surface area contributed by atoms with Crippen LogP contribution >= 0.6 is 0 Å². The van der Waals surface area contributed by atoms with Crippen molar-refractivity contribution in [1.82, 2.24) is 5.32 Å². The summed E-state index contributed by atoms with van der Waals surface area (Å²) in [4.78, 5) is 0. The van der Waals surface area contributed by atoms with Crippen LogP contribution in [-0.4, -0.2) is 13.1 Å². The summed E-state index contributed by atoms with van der Waals surface area (Å²) in [5, 5.41) is 3.53. The van der Waals surface area contributed by atoms with Crippen LogP contribution in [0.15, 0.2) is 24.3 Å². The Balaban J connectivity index is 2.19. The van der Waals surface area contributed by atoms with E-state index < -0.39 is 0 Å². The molecule has 1 nitrogen and oxygen atoms in total.